The molecular weight excluding hydrogens is 855 g/mol. The van der Waals surface area contributed by atoms with Gasteiger partial charge in [-0.15, -0.1) is 0 Å². The molecule has 3 heteroatoms. The molecule has 0 amide bonds. The van der Waals surface area contributed by atoms with Crippen molar-refractivity contribution in [2.24, 2.45) is 0 Å². The van der Waals surface area contributed by atoms with E-state index >= 15 is 0 Å². The van der Waals surface area contributed by atoms with Crippen molar-refractivity contribution >= 4 is 39.6 Å². The number of ether oxygens (including phenoxy) is 1. The molecule has 15 rings (SSSR count). The third-order valence-corrected chi connectivity index (χ3v) is 16.5. The molecule has 0 N–H and O–H groups in total. The van der Waals surface area contributed by atoms with E-state index in [1.807, 2.05) is 11.8 Å². The highest BCUT2D eigenvalue weighted by Crippen LogP contribution is 2.66. The van der Waals surface area contributed by atoms with Crippen molar-refractivity contribution in [1.29, 1.82) is 0 Å². The lowest BCUT2D eigenvalue weighted by atomic mass is 9.66. The van der Waals surface area contributed by atoms with E-state index in [-0.39, 0.29) is 0 Å². The Morgan fingerprint density at radius 1 is 0.333 bits per heavy atom. The van der Waals surface area contributed by atoms with Gasteiger partial charge in [0.05, 0.1) is 22.2 Å². The van der Waals surface area contributed by atoms with E-state index in [4.69, 9.17) is 4.74 Å². The summed E-state index contributed by atoms with van der Waals surface area (Å²) in [6, 6.07) is 92.4. The summed E-state index contributed by atoms with van der Waals surface area (Å²) in [5, 5.41) is 2.40. The Bertz CT molecular complexity index is 3840. The van der Waals surface area contributed by atoms with Crippen LogP contribution in [0.5, 0.6) is 11.5 Å². The van der Waals surface area contributed by atoms with E-state index < -0.39 is 10.8 Å². The Balaban J connectivity index is 1.04. The summed E-state index contributed by atoms with van der Waals surface area (Å²) in [6.07, 6.45) is 0. The second kappa shape index (κ2) is 14.6. The zero-order valence-electron chi connectivity index (χ0n) is 37.4. The maximum absolute atomic E-state index is 6.75. The first-order chi connectivity index (χ1) is 34.2. The highest BCUT2D eigenvalue weighted by atomic mass is 32.2. The van der Waals surface area contributed by atoms with Gasteiger partial charge in [-0.3, -0.25) is 0 Å². The van der Waals surface area contributed by atoms with Crippen LogP contribution in [0.15, 0.2) is 259 Å². The van der Waals surface area contributed by atoms with Crippen LogP contribution in [0.2, 0.25) is 0 Å². The zero-order chi connectivity index (χ0) is 45.3. The lowest BCUT2D eigenvalue weighted by Gasteiger charge is -2.40. The Labute approximate surface area is 405 Å². The van der Waals surface area contributed by atoms with E-state index in [9.17, 15) is 0 Å². The third-order valence-electron chi connectivity index (χ3n) is 15.4. The van der Waals surface area contributed by atoms with Crippen LogP contribution in [0.25, 0.3) is 44.2 Å². The molecule has 0 unspecified atom stereocenters. The van der Waals surface area contributed by atoms with Gasteiger partial charge in [0.25, 0.3) is 0 Å². The number of anilines is 3. The minimum Gasteiger partial charge on any atom is -0.457 e. The topological polar surface area (TPSA) is 12.5 Å². The van der Waals surface area contributed by atoms with E-state index in [2.05, 4.69) is 254 Å². The van der Waals surface area contributed by atoms with Crippen molar-refractivity contribution in [2.45, 2.75) is 20.6 Å². The SMILES string of the molecule is c1ccc(-c2ccc(N(c3cccc4c3-c3ccccc3C43c4ccccc4Oc4ccccc43)c3cccc4cc5c(cc34)C3(c4ccccc4Sc4ccccc43)c3ccccc3-5)cc2)cc1. The van der Waals surface area contributed by atoms with Crippen LogP contribution in [-0.4, -0.2) is 0 Å². The fraction of sp³-hybridized carbons (Fsp3) is 0.0303. The van der Waals surface area contributed by atoms with Crippen LogP contribution in [-0.2, 0) is 10.8 Å². The van der Waals surface area contributed by atoms with Gasteiger partial charge in [0.1, 0.15) is 11.5 Å². The van der Waals surface area contributed by atoms with Crippen LogP contribution < -0.4 is 9.64 Å². The molecule has 11 aromatic rings. The number of benzene rings is 11. The summed E-state index contributed by atoms with van der Waals surface area (Å²) in [4.78, 5) is 5.15. The second-order valence-electron chi connectivity index (χ2n) is 18.6. The highest BCUT2D eigenvalue weighted by Gasteiger charge is 2.53. The summed E-state index contributed by atoms with van der Waals surface area (Å²) >= 11 is 1.89. The molecule has 2 aliphatic heterocycles. The molecule has 2 aliphatic carbocycles. The molecule has 0 aromatic heterocycles. The molecule has 0 saturated heterocycles. The van der Waals surface area contributed by atoms with Gasteiger partial charge in [0.15, 0.2) is 0 Å². The Morgan fingerprint density at radius 3 is 1.54 bits per heavy atom. The fourth-order valence-corrected chi connectivity index (χ4v) is 13.9. The monoisotopic (exact) mass is 895 g/mol. The molecule has 2 nitrogen and oxygen atoms in total. The van der Waals surface area contributed by atoms with Crippen LogP contribution >= 0.6 is 11.8 Å². The Hall–Kier alpha value is -8.37. The minimum atomic E-state index is -0.603. The summed E-state index contributed by atoms with van der Waals surface area (Å²) in [5.41, 5.74) is 19.8. The number of hydrogen-bond donors (Lipinski definition) is 0. The maximum Gasteiger partial charge on any atom is 0.132 e. The predicted octanol–water partition coefficient (Wildman–Crippen LogP) is 17.3. The van der Waals surface area contributed by atoms with Crippen LogP contribution in [0.3, 0.4) is 0 Å². The first kappa shape index (κ1) is 38.7. The van der Waals surface area contributed by atoms with E-state index in [1.165, 1.54) is 87.3 Å². The first-order valence-electron chi connectivity index (χ1n) is 23.8. The van der Waals surface area contributed by atoms with Gasteiger partial charge in [-0.2, -0.15) is 0 Å². The smallest absolute Gasteiger partial charge is 0.132 e. The predicted molar refractivity (Wildman–Crippen MR) is 283 cm³/mol. The lowest BCUT2D eigenvalue weighted by molar-refractivity contribution is 0.436. The molecule has 2 spiro atoms. The molecule has 0 fully saturated rings. The summed E-state index contributed by atoms with van der Waals surface area (Å²) in [7, 11) is 0. The van der Waals surface area contributed by atoms with Crippen molar-refractivity contribution in [2.75, 3.05) is 4.90 Å². The average Bonchev–Trinajstić information content (AvgIpc) is 3.87. The molecule has 4 aliphatic rings. The molecule has 0 radical (unpaired) electrons. The largest absolute Gasteiger partial charge is 0.457 e. The summed E-state index contributed by atoms with van der Waals surface area (Å²) in [5.74, 6) is 1.78. The van der Waals surface area contributed by atoms with Gasteiger partial charge in [0.2, 0.25) is 0 Å². The van der Waals surface area contributed by atoms with Crippen molar-refractivity contribution in [3.8, 4) is 44.9 Å². The van der Waals surface area contributed by atoms with Crippen molar-refractivity contribution in [3.05, 3.63) is 293 Å². The third kappa shape index (κ3) is 5.17. The van der Waals surface area contributed by atoms with Gasteiger partial charge in [0, 0.05) is 37.6 Å². The normalized spacial score (nSPS) is 14.4. The summed E-state index contributed by atoms with van der Waals surface area (Å²) < 4.78 is 6.75. The van der Waals surface area contributed by atoms with Crippen LogP contribution in [0, 0.1) is 0 Å². The van der Waals surface area contributed by atoms with Gasteiger partial charge < -0.3 is 9.64 Å². The van der Waals surface area contributed by atoms with Crippen LogP contribution in [0.1, 0.15) is 44.5 Å². The summed E-state index contributed by atoms with van der Waals surface area (Å²) in [6.45, 7) is 0. The van der Waals surface area contributed by atoms with E-state index in [1.54, 1.807) is 0 Å². The maximum atomic E-state index is 6.75. The van der Waals surface area contributed by atoms with Gasteiger partial charge in [-0.1, -0.05) is 200 Å². The fourth-order valence-electron chi connectivity index (χ4n) is 12.7. The number of nitrogens with zero attached hydrogens (tertiary/aromatic N) is 1. The molecule has 11 aromatic carbocycles. The lowest BCUT2D eigenvalue weighted by Crippen LogP contribution is -2.32. The molecular formula is C66H41NOS. The molecule has 0 atom stereocenters. The Morgan fingerprint density at radius 2 is 0.841 bits per heavy atom. The van der Waals surface area contributed by atoms with Crippen molar-refractivity contribution in [1.82, 2.24) is 0 Å². The number of fused-ring (bicyclic) bond motifs is 19. The zero-order valence-corrected chi connectivity index (χ0v) is 38.3. The Kier molecular flexibility index (Phi) is 8.17. The molecule has 69 heavy (non-hydrogen) atoms. The standard InChI is InChI=1S/C66H41NOS/c1-2-18-42(19-3-1)43-36-38-45(39-37-43)67(59-31-17-29-56-64(59)47-22-5-7-24-51(47)65(56)52-25-8-12-32-60(52)68-61-33-13-9-26-53(61)65)58-30-16-20-44-40-49-46-21-4-6-23-50(46)66(57(49)41-48(44)58)54-27-10-14-34-62(54)69-63-35-15-11-28-55(63)66/h1-41H. The number of para-hydroxylation sites is 2. The first-order valence-corrected chi connectivity index (χ1v) is 24.6. The average molecular weight is 896 g/mol. The number of rotatable bonds is 4. The molecule has 322 valence electrons. The second-order valence-corrected chi connectivity index (χ2v) is 19.7. The van der Waals surface area contributed by atoms with Gasteiger partial charge >= 0.3 is 0 Å². The molecule has 0 saturated carbocycles. The molecule has 0 bridgehead atoms. The quantitative estimate of drug-likeness (QED) is 0.175. The highest BCUT2D eigenvalue weighted by molar-refractivity contribution is 7.99. The van der Waals surface area contributed by atoms with Crippen molar-refractivity contribution < 1.29 is 4.74 Å². The van der Waals surface area contributed by atoms with E-state index in [0.717, 1.165) is 39.7 Å². The van der Waals surface area contributed by atoms with E-state index in [0.29, 0.717) is 0 Å². The van der Waals surface area contributed by atoms with Gasteiger partial charge in [-0.25, -0.2) is 0 Å². The minimum absolute atomic E-state index is 0.503. The number of hydrogen-bond acceptors (Lipinski definition) is 3. The van der Waals surface area contributed by atoms with Crippen LogP contribution in [0.4, 0.5) is 17.1 Å². The molecule has 2 heterocycles. The van der Waals surface area contributed by atoms with Crippen molar-refractivity contribution in [3.63, 3.8) is 0 Å². The van der Waals surface area contributed by atoms with Gasteiger partial charge in [-0.05, 0) is 127 Å².